The van der Waals surface area contributed by atoms with Gasteiger partial charge in [0, 0.05) is 49.7 Å². The van der Waals surface area contributed by atoms with Gasteiger partial charge in [0.1, 0.15) is 17.4 Å². The summed E-state index contributed by atoms with van der Waals surface area (Å²) >= 11 is 0. The molecule has 11 nitrogen and oxygen atoms in total. The van der Waals surface area contributed by atoms with Crippen molar-refractivity contribution in [2.24, 2.45) is 0 Å². The summed E-state index contributed by atoms with van der Waals surface area (Å²) < 4.78 is 17.3. The minimum Gasteiger partial charge on any atom is -0.496 e. The number of likely N-dealkylation sites (tertiary alicyclic amines) is 1. The standard InChI is InChI=1S/C31H39N3O8/c1-29(2,3)42-28(37)33-16-10-15-30(34(38)39,27(33)21-11-8-7-9-12-21)19-31(20-35,41-6)23-18-24-22(17-25(23)40-5)13-14-26(36)32(24)4/h7-9,11-12,17-18,20,27H,10,13-16,19H2,1-6H3. The van der Waals surface area contributed by atoms with E-state index in [0.717, 1.165) is 5.56 Å². The van der Waals surface area contributed by atoms with Crippen LogP contribution in [0.2, 0.25) is 0 Å². The molecule has 42 heavy (non-hydrogen) atoms. The van der Waals surface area contributed by atoms with E-state index in [2.05, 4.69) is 0 Å². The molecule has 2 aliphatic rings. The molecule has 2 amide bonds. The molecule has 4 rings (SSSR count). The Bertz CT molecular complexity index is 1360. The van der Waals surface area contributed by atoms with Crippen LogP contribution in [0.25, 0.3) is 0 Å². The molecule has 3 atom stereocenters. The first-order valence-electron chi connectivity index (χ1n) is 14.0. The van der Waals surface area contributed by atoms with Crippen molar-refractivity contribution in [1.29, 1.82) is 0 Å². The van der Waals surface area contributed by atoms with Crippen LogP contribution in [0.1, 0.15) is 69.2 Å². The van der Waals surface area contributed by atoms with Gasteiger partial charge in [-0.1, -0.05) is 30.3 Å². The van der Waals surface area contributed by atoms with Crippen LogP contribution in [0.5, 0.6) is 5.75 Å². The molecule has 0 bridgehead atoms. The van der Waals surface area contributed by atoms with Crippen LogP contribution in [-0.4, -0.2) is 67.1 Å². The summed E-state index contributed by atoms with van der Waals surface area (Å²) in [7, 11) is 4.42. The monoisotopic (exact) mass is 581 g/mol. The third kappa shape index (κ3) is 5.57. The number of nitrogens with zero attached hydrogens (tertiary/aromatic N) is 3. The molecule has 11 heteroatoms. The molecular formula is C31H39N3O8. The lowest BCUT2D eigenvalue weighted by atomic mass is 9.70. The molecule has 2 aromatic carbocycles. The molecule has 2 aliphatic heterocycles. The van der Waals surface area contributed by atoms with Gasteiger partial charge < -0.3 is 19.1 Å². The summed E-state index contributed by atoms with van der Waals surface area (Å²) in [5, 5.41) is 13.3. The first kappa shape index (κ1) is 31.0. The van der Waals surface area contributed by atoms with Crippen LogP contribution in [0.3, 0.4) is 0 Å². The predicted molar refractivity (Wildman–Crippen MR) is 155 cm³/mol. The largest absolute Gasteiger partial charge is 0.496 e. The molecular weight excluding hydrogens is 542 g/mol. The number of ether oxygens (including phenoxy) is 3. The Morgan fingerprint density at radius 3 is 2.43 bits per heavy atom. The van der Waals surface area contributed by atoms with Crippen LogP contribution in [0.15, 0.2) is 42.5 Å². The van der Waals surface area contributed by atoms with Gasteiger partial charge in [-0.3, -0.25) is 24.6 Å². The van der Waals surface area contributed by atoms with Crippen molar-refractivity contribution in [3.8, 4) is 5.75 Å². The van der Waals surface area contributed by atoms with Crippen molar-refractivity contribution >= 4 is 24.0 Å². The molecule has 3 unspecified atom stereocenters. The number of aryl methyl sites for hydroxylation is 1. The van der Waals surface area contributed by atoms with E-state index < -0.39 is 35.3 Å². The predicted octanol–water partition coefficient (Wildman–Crippen LogP) is 4.82. The van der Waals surface area contributed by atoms with Crippen LogP contribution in [0.4, 0.5) is 10.5 Å². The average Bonchev–Trinajstić information content (AvgIpc) is 2.96. The van der Waals surface area contributed by atoms with Gasteiger partial charge in [0.25, 0.3) is 0 Å². The van der Waals surface area contributed by atoms with E-state index in [1.165, 1.54) is 24.0 Å². The third-order valence-electron chi connectivity index (χ3n) is 8.26. The van der Waals surface area contributed by atoms with Crippen molar-refractivity contribution in [2.45, 2.75) is 75.7 Å². The Morgan fingerprint density at radius 2 is 1.86 bits per heavy atom. The number of rotatable bonds is 8. The van der Waals surface area contributed by atoms with Gasteiger partial charge in [0.15, 0.2) is 11.9 Å². The summed E-state index contributed by atoms with van der Waals surface area (Å²) in [5.74, 6) is 0.235. The maximum atomic E-state index is 13.5. The van der Waals surface area contributed by atoms with E-state index in [-0.39, 0.29) is 29.4 Å². The molecule has 0 aromatic heterocycles. The normalized spacial score (nSPS) is 22.1. The van der Waals surface area contributed by atoms with Gasteiger partial charge in [-0.05, 0) is 56.9 Å². The van der Waals surface area contributed by atoms with E-state index in [1.54, 1.807) is 70.3 Å². The maximum absolute atomic E-state index is 13.5. The van der Waals surface area contributed by atoms with Gasteiger partial charge >= 0.3 is 6.09 Å². The zero-order valence-electron chi connectivity index (χ0n) is 25.0. The van der Waals surface area contributed by atoms with Gasteiger partial charge in [-0.25, -0.2) is 4.79 Å². The lowest BCUT2D eigenvalue weighted by molar-refractivity contribution is -0.588. The number of benzene rings is 2. The highest BCUT2D eigenvalue weighted by Crippen LogP contribution is 2.51. The van der Waals surface area contributed by atoms with Crippen molar-refractivity contribution in [2.75, 3.05) is 32.7 Å². The number of hydrogen-bond donors (Lipinski definition) is 0. The Morgan fingerprint density at radius 1 is 1.17 bits per heavy atom. The molecule has 2 heterocycles. The number of carbonyl (C=O) groups excluding carboxylic acids is 3. The maximum Gasteiger partial charge on any atom is 0.411 e. The van der Waals surface area contributed by atoms with Crippen molar-refractivity contribution in [3.63, 3.8) is 0 Å². The fraction of sp³-hybridized carbons (Fsp3) is 0.516. The number of amides is 2. The highest BCUT2D eigenvalue weighted by Gasteiger charge is 2.62. The van der Waals surface area contributed by atoms with Crippen LogP contribution >= 0.6 is 0 Å². The second-order valence-corrected chi connectivity index (χ2v) is 12.0. The zero-order valence-corrected chi connectivity index (χ0v) is 25.0. The fourth-order valence-corrected chi connectivity index (χ4v) is 6.25. The van der Waals surface area contributed by atoms with Gasteiger partial charge in [0.2, 0.25) is 11.4 Å². The van der Waals surface area contributed by atoms with Crippen molar-refractivity contribution in [3.05, 3.63) is 69.3 Å². The molecule has 0 aliphatic carbocycles. The number of fused-ring (bicyclic) bond motifs is 1. The minimum atomic E-state index is -1.85. The van der Waals surface area contributed by atoms with Gasteiger partial charge in [-0.15, -0.1) is 0 Å². The van der Waals surface area contributed by atoms with Crippen LogP contribution in [-0.2, 0) is 31.1 Å². The highest BCUT2D eigenvalue weighted by molar-refractivity contribution is 5.96. The van der Waals surface area contributed by atoms with E-state index in [1.807, 2.05) is 0 Å². The Kier molecular flexibility index (Phi) is 8.63. The molecule has 1 saturated heterocycles. The summed E-state index contributed by atoms with van der Waals surface area (Å²) in [6, 6.07) is 11.1. The second kappa shape index (κ2) is 11.7. The minimum absolute atomic E-state index is 0.0729. The number of carbonyl (C=O) groups is 3. The first-order chi connectivity index (χ1) is 19.8. The zero-order chi connectivity index (χ0) is 30.9. The Balaban J connectivity index is 1.92. The number of hydrogen-bond acceptors (Lipinski definition) is 8. The third-order valence-corrected chi connectivity index (χ3v) is 8.26. The van der Waals surface area contributed by atoms with E-state index in [9.17, 15) is 24.5 Å². The summed E-state index contributed by atoms with van der Waals surface area (Å²) in [6.07, 6.45) is 0.683. The Labute approximate surface area is 245 Å². The molecule has 2 aromatic rings. The van der Waals surface area contributed by atoms with E-state index in [4.69, 9.17) is 14.2 Å². The van der Waals surface area contributed by atoms with E-state index >= 15 is 0 Å². The molecule has 0 N–H and O–H groups in total. The molecule has 226 valence electrons. The number of nitro groups is 1. The lowest BCUT2D eigenvalue weighted by Gasteiger charge is -2.47. The van der Waals surface area contributed by atoms with E-state index in [0.29, 0.717) is 42.5 Å². The molecule has 0 saturated carbocycles. The summed E-state index contributed by atoms with van der Waals surface area (Å²) in [5.41, 5.74) is -2.28. The topological polar surface area (TPSA) is 129 Å². The lowest BCUT2D eigenvalue weighted by Crippen LogP contribution is -2.60. The van der Waals surface area contributed by atoms with Crippen LogP contribution < -0.4 is 9.64 Å². The fourth-order valence-electron chi connectivity index (χ4n) is 6.25. The quantitative estimate of drug-likeness (QED) is 0.247. The average molecular weight is 582 g/mol. The number of methoxy groups -OCH3 is 2. The number of aldehydes is 1. The Hall–Kier alpha value is -3.99. The van der Waals surface area contributed by atoms with Crippen molar-refractivity contribution in [1.82, 2.24) is 4.90 Å². The second-order valence-electron chi connectivity index (χ2n) is 12.0. The molecule has 0 radical (unpaired) electrons. The molecule has 1 fully saturated rings. The highest BCUT2D eigenvalue weighted by atomic mass is 16.6. The summed E-state index contributed by atoms with van der Waals surface area (Å²) in [4.78, 5) is 55.0. The van der Waals surface area contributed by atoms with Crippen LogP contribution in [0, 0.1) is 10.1 Å². The SMILES string of the molecule is COc1cc2c(cc1C(C=O)(CC1([N+](=O)[O-])CCCN(C(=O)OC(C)(C)C)C1c1ccccc1)OC)N(C)C(=O)CC2. The van der Waals surface area contributed by atoms with Gasteiger partial charge in [-0.2, -0.15) is 0 Å². The molecule has 0 spiro atoms. The number of piperidine rings is 1. The van der Waals surface area contributed by atoms with Gasteiger partial charge in [0.05, 0.1) is 13.5 Å². The van der Waals surface area contributed by atoms with Crippen molar-refractivity contribution < 1.29 is 33.5 Å². The first-order valence-corrected chi connectivity index (χ1v) is 14.0. The number of anilines is 1. The summed E-state index contributed by atoms with van der Waals surface area (Å²) in [6.45, 7) is 5.44. The smallest absolute Gasteiger partial charge is 0.411 e.